The molecule has 6 unspecified atom stereocenters. The van der Waals surface area contributed by atoms with Crippen molar-refractivity contribution < 1.29 is 103 Å². The molecule has 16 N–H and O–H groups in total. The van der Waals surface area contributed by atoms with Gasteiger partial charge in [0.25, 0.3) is 5.91 Å². The summed E-state index contributed by atoms with van der Waals surface area (Å²) in [6, 6.07) is 5.67. The highest BCUT2D eigenvalue weighted by molar-refractivity contribution is 8.00. The Bertz CT molecular complexity index is 2120. The molecule has 7 amide bonds. The van der Waals surface area contributed by atoms with E-state index in [-0.39, 0.29) is 93.8 Å². The predicted octanol–water partition coefficient (Wildman–Crippen LogP) is -5.45. The van der Waals surface area contributed by atoms with Crippen molar-refractivity contribution in [2.45, 2.75) is 181 Å². The molecule has 29 heteroatoms. The molecule has 5 heterocycles. The van der Waals surface area contributed by atoms with Crippen molar-refractivity contribution in [3.8, 4) is 0 Å². The first-order chi connectivity index (χ1) is 37.4. The maximum atomic E-state index is 12.8. The molecule has 5 aliphatic heterocycles. The molecule has 0 aliphatic carbocycles. The third kappa shape index (κ3) is 17.5. The number of aliphatic hydroxyl groups excluding tert-OH is 9. The van der Waals surface area contributed by atoms with Gasteiger partial charge in [-0.1, -0.05) is 18.6 Å². The minimum absolute atomic E-state index is 0.0618. The van der Waals surface area contributed by atoms with Crippen LogP contribution in [0.2, 0.25) is 0 Å². The summed E-state index contributed by atoms with van der Waals surface area (Å²) < 4.78 is 34.1. The SMILES string of the molecule is CC(=O)NC1[C@H](OCCCNC(=O)CCCCC(=O)NCc2cccc(C(=O)NCCNC(=O)CCCC[C@@H]3SC[C@@H]4NC(=O)N[C@@H]43)c2)OC(CO)[C@@H](O[C@@H]2OC(CO)[C@H](O)[C@H](O[C@H]3OC(CO)[C@H](O)C(O)[C@@H]3O)C2O)[C@@H]1O. The lowest BCUT2D eigenvalue weighted by atomic mass is 9.95. The van der Waals surface area contributed by atoms with Crippen LogP contribution in [0.15, 0.2) is 24.3 Å². The van der Waals surface area contributed by atoms with Gasteiger partial charge in [0.2, 0.25) is 23.6 Å². The number of nitrogens with one attached hydrogen (secondary N) is 7. The first-order valence-corrected chi connectivity index (χ1v) is 27.4. The zero-order chi connectivity index (χ0) is 56.5. The van der Waals surface area contributed by atoms with Crippen LogP contribution in [-0.2, 0) is 54.1 Å². The number of benzene rings is 1. The zero-order valence-corrected chi connectivity index (χ0v) is 44.1. The summed E-state index contributed by atoms with van der Waals surface area (Å²) in [4.78, 5) is 74.1. The van der Waals surface area contributed by atoms with E-state index in [0.717, 1.165) is 31.9 Å². The number of aliphatic hydroxyl groups is 9. The van der Waals surface area contributed by atoms with E-state index in [4.69, 9.17) is 28.4 Å². The van der Waals surface area contributed by atoms with Gasteiger partial charge < -0.3 is 112 Å². The van der Waals surface area contributed by atoms with Crippen LogP contribution >= 0.6 is 11.8 Å². The maximum Gasteiger partial charge on any atom is 0.315 e. The van der Waals surface area contributed by atoms with Gasteiger partial charge in [-0.2, -0.15) is 11.8 Å². The second-order valence-corrected chi connectivity index (χ2v) is 21.1. The molecule has 0 spiro atoms. The summed E-state index contributed by atoms with van der Waals surface area (Å²) in [7, 11) is 0. The van der Waals surface area contributed by atoms with E-state index in [1.807, 2.05) is 11.8 Å². The smallest absolute Gasteiger partial charge is 0.315 e. The zero-order valence-electron chi connectivity index (χ0n) is 43.3. The number of hydrogen-bond donors (Lipinski definition) is 16. The van der Waals surface area contributed by atoms with Crippen LogP contribution in [0.25, 0.3) is 0 Å². The topological polar surface area (TPSA) is 424 Å². The Hall–Kier alpha value is -4.41. The van der Waals surface area contributed by atoms with Crippen LogP contribution in [0, 0.1) is 0 Å². The van der Waals surface area contributed by atoms with Gasteiger partial charge in [-0.05, 0) is 49.8 Å². The lowest BCUT2D eigenvalue weighted by molar-refractivity contribution is -0.376. The second-order valence-electron chi connectivity index (χ2n) is 19.8. The first-order valence-electron chi connectivity index (χ1n) is 26.4. The molecule has 6 rings (SSSR count). The Balaban J connectivity index is 0.836. The second kappa shape index (κ2) is 31.0. The van der Waals surface area contributed by atoms with Crippen molar-refractivity contribution in [1.29, 1.82) is 0 Å². The average molecular weight is 1130 g/mol. The highest BCUT2D eigenvalue weighted by Gasteiger charge is 2.54. The monoisotopic (exact) mass is 1130 g/mol. The van der Waals surface area contributed by atoms with E-state index in [1.165, 1.54) is 0 Å². The van der Waals surface area contributed by atoms with Gasteiger partial charge in [0.15, 0.2) is 18.9 Å². The number of urea groups is 1. The molecule has 0 saturated carbocycles. The highest BCUT2D eigenvalue weighted by atomic mass is 32.2. The summed E-state index contributed by atoms with van der Waals surface area (Å²) in [6.07, 6.45) is -19.4. The normalized spacial score (nSPS) is 33.5. The summed E-state index contributed by atoms with van der Waals surface area (Å²) in [5.41, 5.74) is 1.11. The van der Waals surface area contributed by atoms with E-state index >= 15 is 0 Å². The molecule has 0 bridgehead atoms. The summed E-state index contributed by atoms with van der Waals surface area (Å²) in [6.45, 7) is -0.500. The molecular weight excluding hydrogens is 1050 g/mol. The molecule has 5 aliphatic rings. The molecule has 0 radical (unpaired) electrons. The Labute approximate surface area is 454 Å². The minimum atomic E-state index is -1.98. The molecule has 440 valence electrons. The van der Waals surface area contributed by atoms with Crippen LogP contribution in [0.1, 0.15) is 80.6 Å². The Morgan fingerprint density at radius 2 is 1.26 bits per heavy atom. The largest absolute Gasteiger partial charge is 0.394 e. The number of fused-ring (bicyclic) bond motifs is 1. The van der Waals surface area contributed by atoms with Gasteiger partial charge in [-0.3, -0.25) is 24.0 Å². The number of carbonyl (C=O) groups excluding carboxylic acids is 6. The van der Waals surface area contributed by atoms with Crippen molar-refractivity contribution in [2.75, 3.05) is 51.8 Å². The van der Waals surface area contributed by atoms with Crippen LogP contribution in [0.5, 0.6) is 0 Å². The van der Waals surface area contributed by atoms with Crippen molar-refractivity contribution in [3.63, 3.8) is 0 Å². The van der Waals surface area contributed by atoms with Crippen molar-refractivity contribution in [1.82, 2.24) is 37.2 Å². The lowest BCUT2D eigenvalue weighted by Crippen LogP contribution is -2.68. The quantitative estimate of drug-likeness (QED) is 0.0263. The number of rotatable bonds is 29. The van der Waals surface area contributed by atoms with Gasteiger partial charge in [0.1, 0.15) is 73.2 Å². The lowest BCUT2D eigenvalue weighted by Gasteiger charge is -2.48. The van der Waals surface area contributed by atoms with E-state index in [1.54, 1.807) is 24.3 Å². The Morgan fingerprint density at radius 3 is 1.94 bits per heavy atom. The van der Waals surface area contributed by atoms with Gasteiger partial charge >= 0.3 is 6.03 Å². The van der Waals surface area contributed by atoms with Crippen LogP contribution in [-0.4, -0.2) is 243 Å². The molecule has 5 fully saturated rings. The van der Waals surface area contributed by atoms with E-state index in [2.05, 4.69) is 37.2 Å². The third-order valence-electron chi connectivity index (χ3n) is 14.0. The summed E-state index contributed by atoms with van der Waals surface area (Å²) in [5.74, 6) is -0.653. The van der Waals surface area contributed by atoms with Gasteiger partial charge in [-0.25, -0.2) is 4.79 Å². The van der Waals surface area contributed by atoms with Gasteiger partial charge in [0, 0.05) is 68.9 Å². The van der Waals surface area contributed by atoms with Crippen LogP contribution in [0.4, 0.5) is 4.79 Å². The first kappa shape index (κ1) is 62.8. The third-order valence-corrected chi connectivity index (χ3v) is 15.5. The Kier molecular flexibility index (Phi) is 24.9. The molecule has 1 aromatic carbocycles. The molecular formula is C49H77N7O21S. The van der Waals surface area contributed by atoms with Crippen LogP contribution < -0.4 is 37.2 Å². The number of amides is 7. The van der Waals surface area contributed by atoms with Crippen LogP contribution in [0.3, 0.4) is 0 Å². The summed E-state index contributed by atoms with van der Waals surface area (Å²) in [5, 5.41) is 114. The molecule has 78 heavy (non-hydrogen) atoms. The van der Waals surface area contributed by atoms with Gasteiger partial charge in [0.05, 0.1) is 38.5 Å². The molecule has 28 nitrogen and oxygen atoms in total. The summed E-state index contributed by atoms with van der Waals surface area (Å²) >= 11 is 1.84. The van der Waals surface area contributed by atoms with Crippen molar-refractivity contribution >= 4 is 47.3 Å². The fourth-order valence-corrected chi connectivity index (χ4v) is 11.2. The molecule has 5 saturated heterocycles. The van der Waals surface area contributed by atoms with E-state index in [0.29, 0.717) is 35.6 Å². The minimum Gasteiger partial charge on any atom is -0.394 e. The standard InChI is InChI=1S/C49H77N7O21S/c1-24(60)54-36-39(66)43(76-48-42(69)44(38(65)29(21-58)74-48)77-47-41(68)40(67)37(64)28(20-57)73-47)30(22-59)75-46(36)72-17-7-14-50-32(61)12-4-5-13-34(63)53-19-25-8-6-9-26(18-25)45(70)52-16-15-51-33(62)11-3-2-10-31-35-27(23-78-31)55-49(71)56-35/h6,8-9,18,27-31,35-44,46-48,57-59,64-69H,2-5,7,10-17,19-23H2,1H3,(H,50,61)(H,51,62)(H,52,70)(H,53,63)(H,54,60)(H2,55,56,71)/t27-,28?,29?,30?,31-,35-,36?,37-,38-,39+,40?,41-,42?,43+,44-,46+,47+,48-/m0/s1. The van der Waals surface area contributed by atoms with Crippen molar-refractivity contribution in [2.24, 2.45) is 0 Å². The van der Waals surface area contributed by atoms with Crippen molar-refractivity contribution in [3.05, 3.63) is 35.4 Å². The predicted molar refractivity (Wildman–Crippen MR) is 270 cm³/mol. The highest BCUT2D eigenvalue weighted by Crippen LogP contribution is 2.35. The molecule has 0 aromatic heterocycles. The van der Waals surface area contributed by atoms with Gasteiger partial charge in [-0.15, -0.1) is 0 Å². The Morgan fingerprint density at radius 1 is 0.654 bits per heavy atom. The van der Waals surface area contributed by atoms with E-state index in [9.17, 15) is 74.7 Å². The fraction of sp³-hybridized carbons (Fsp3) is 0.755. The number of carbonyl (C=O) groups is 6. The van der Waals surface area contributed by atoms with E-state index < -0.39 is 118 Å². The number of hydrogen-bond acceptors (Lipinski definition) is 22. The molecule has 1 aromatic rings. The average Bonchev–Trinajstić information content (AvgIpc) is 4.04. The maximum absolute atomic E-state index is 12.8. The number of thioether (sulfide) groups is 1. The molecule has 18 atom stereocenters. The number of unbranched alkanes of at least 4 members (excludes halogenated alkanes) is 2. The fourth-order valence-electron chi connectivity index (χ4n) is 9.69. The number of ether oxygens (including phenoxy) is 6.